The van der Waals surface area contributed by atoms with E-state index in [-0.39, 0.29) is 5.91 Å². The van der Waals surface area contributed by atoms with E-state index in [4.69, 9.17) is 9.72 Å². The van der Waals surface area contributed by atoms with Crippen LogP contribution in [0.1, 0.15) is 22.3 Å². The van der Waals surface area contributed by atoms with Crippen molar-refractivity contribution in [3.63, 3.8) is 0 Å². The van der Waals surface area contributed by atoms with Crippen LogP contribution in [0.3, 0.4) is 0 Å². The number of carbonyl (C=O) groups excluding carboxylic acids is 1. The number of aromatic nitrogens is 4. The monoisotopic (exact) mass is 453 g/mol. The number of anilines is 3. The van der Waals surface area contributed by atoms with E-state index < -0.39 is 0 Å². The van der Waals surface area contributed by atoms with Crippen LogP contribution in [0.15, 0.2) is 49.1 Å². The highest BCUT2D eigenvalue weighted by Crippen LogP contribution is 2.36. The maximum atomic E-state index is 12.8. The van der Waals surface area contributed by atoms with Gasteiger partial charge in [-0.25, -0.2) is 9.97 Å². The molecule has 4 aromatic rings. The number of ether oxygens (including phenoxy) is 1. The lowest BCUT2D eigenvalue weighted by atomic mass is 10.0. The van der Waals surface area contributed by atoms with Crippen LogP contribution in [-0.2, 0) is 18.3 Å². The van der Waals surface area contributed by atoms with Crippen LogP contribution in [0.4, 0.5) is 17.2 Å². The number of carbonyl (C=O) groups is 1. The number of fused-ring (bicyclic) bond motifs is 4. The third-order valence-electron chi connectivity index (χ3n) is 7.10. The first-order chi connectivity index (χ1) is 16.7. The first kappa shape index (κ1) is 19.5. The van der Waals surface area contributed by atoms with Gasteiger partial charge >= 0.3 is 0 Å². The fourth-order valence-corrected chi connectivity index (χ4v) is 5.42. The van der Waals surface area contributed by atoms with Gasteiger partial charge in [-0.05, 0) is 30.7 Å². The number of hydrogen-bond donors (Lipinski definition) is 2. The summed E-state index contributed by atoms with van der Waals surface area (Å²) in [6.07, 6.45) is 8.80. The molecule has 4 aromatic heterocycles. The summed E-state index contributed by atoms with van der Waals surface area (Å²) in [5.41, 5.74) is 5.91. The van der Waals surface area contributed by atoms with Gasteiger partial charge in [0.1, 0.15) is 11.5 Å². The summed E-state index contributed by atoms with van der Waals surface area (Å²) in [4.78, 5) is 29.0. The lowest BCUT2D eigenvalue weighted by molar-refractivity contribution is 0.0966. The van der Waals surface area contributed by atoms with Gasteiger partial charge in [-0.15, -0.1) is 0 Å². The van der Waals surface area contributed by atoms with Gasteiger partial charge in [-0.3, -0.25) is 9.78 Å². The minimum Gasteiger partial charge on any atom is -0.374 e. The second kappa shape index (κ2) is 7.26. The summed E-state index contributed by atoms with van der Waals surface area (Å²) < 4.78 is 7.68. The molecule has 1 amide bonds. The van der Waals surface area contributed by atoms with Crippen LogP contribution in [0, 0.1) is 0 Å². The number of pyridine rings is 3. The fourth-order valence-electron chi connectivity index (χ4n) is 5.42. The van der Waals surface area contributed by atoms with Crippen molar-refractivity contribution in [2.24, 2.45) is 7.05 Å². The summed E-state index contributed by atoms with van der Waals surface area (Å²) in [7, 11) is 1.97. The lowest BCUT2D eigenvalue weighted by Crippen LogP contribution is -2.36. The van der Waals surface area contributed by atoms with Crippen molar-refractivity contribution in [2.75, 3.05) is 23.4 Å². The number of nitrogens with one attached hydrogen (secondary N) is 2. The molecule has 2 bridgehead atoms. The number of rotatable bonds is 4. The third kappa shape index (κ3) is 2.90. The quantitative estimate of drug-likeness (QED) is 0.490. The normalized spacial score (nSPS) is 20.7. The minimum absolute atomic E-state index is 0.107. The molecule has 170 valence electrons. The van der Waals surface area contributed by atoms with E-state index in [0.29, 0.717) is 35.8 Å². The molecule has 1 unspecified atom stereocenters. The molecular weight excluding hydrogens is 430 g/mol. The Morgan fingerprint density at radius 2 is 2.09 bits per heavy atom. The minimum atomic E-state index is -0.107. The molecule has 9 nitrogen and oxygen atoms in total. The molecule has 3 aliphatic rings. The average Bonchev–Trinajstić information content (AvgIpc) is 3.65. The molecule has 9 heteroatoms. The highest BCUT2D eigenvalue weighted by molar-refractivity contribution is 6.06. The predicted octanol–water partition coefficient (Wildman–Crippen LogP) is 2.99. The number of morpholine rings is 1. The molecule has 0 radical (unpaired) electrons. The Bertz CT molecular complexity index is 1450. The number of aryl methyl sites for hydroxylation is 1. The third-order valence-corrected chi connectivity index (χ3v) is 7.10. The van der Waals surface area contributed by atoms with E-state index in [1.165, 1.54) is 0 Å². The van der Waals surface area contributed by atoms with E-state index in [0.717, 1.165) is 53.1 Å². The summed E-state index contributed by atoms with van der Waals surface area (Å²) >= 11 is 0. The van der Waals surface area contributed by atoms with E-state index in [1.807, 2.05) is 42.2 Å². The molecule has 2 N–H and O–H groups in total. The van der Waals surface area contributed by atoms with Gasteiger partial charge in [-0.2, -0.15) is 0 Å². The zero-order valence-electron chi connectivity index (χ0n) is 18.7. The first-order valence-electron chi connectivity index (χ1n) is 11.5. The molecule has 2 atom stereocenters. The zero-order valence-corrected chi connectivity index (χ0v) is 18.7. The maximum absolute atomic E-state index is 12.8. The van der Waals surface area contributed by atoms with Crippen LogP contribution in [0.2, 0.25) is 0 Å². The van der Waals surface area contributed by atoms with Crippen LogP contribution < -0.4 is 15.5 Å². The SMILES string of the molecule is Cn1ccc2c(-c3ncc(Nc4ccc(N5C[C@H]6CC5CO6)cn4)c4c3CNC4=O)ccnc21. The zero-order chi connectivity index (χ0) is 22.8. The molecule has 7 heterocycles. The largest absolute Gasteiger partial charge is 0.374 e. The number of hydrogen-bond acceptors (Lipinski definition) is 7. The Balaban J connectivity index is 1.22. The van der Waals surface area contributed by atoms with Gasteiger partial charge < -0.3 is 24.8 Å². The molecule has 3 aliphatic heterocycles. The van der Waals surface area contributed by atoms with E-state index >= 15 is 0 Å². The summed E-state index contributed by atoms with van der Waals surface area (Å²) in [6.45, 7) is 2.15. The predicted molar refractivity (Wildman–Crippen MR) is 128 cm³/mol. The summed E-state index contributed by atoms with van der Waals surface area (Å²) in [5.74, 6) is 0.569. The van der Waals surface area contributed by atoms with Crippen molar-refractivity contribution < 1.29 is 9.53 Å². The second-order valence-electron chi connectivity index (χ2n) is 9.10. The Morgan fingerprint density at radius 1 is 1.15 bits per heavy atom. The van der Waals surface area contributed by atoms with E-state index in [1.54, 1.807) is 12.4 Å². The van der Waals surface area contributed by atoms with E-state index in [9.17, 15) is 4.79 Å². The van der Waals surface area contributed by atoms with Crippen LogP contribution in [-0.4, -0.2) is 50.7 Å². The second-order valence-corrected chi connectivity index (χ2v) is 9.10. The fraction of sp³-hybridized carbons (Fsp3) is 0.280. The molecule has 34 heavy (non-hydrogen) atoms. The van der Waals surface area contributed by atoms with Crippen molar-refractivity contribution in [2.45, 2.75) is 25.1 Å². The molecule has 2 saturated heterocycles. The molecule has 0 aliphatic carbocycles. The van der Waals surface area contributed by atoms with E-state index in [2.05, 4.69) is 31.6 Å². The molecule has 0 aromatic carbocycles. The van der Waals surface area contributed by atoms with Gasteiger partial charge in [0.05, 0.1) is 53.8 Å². The number of nitrogens with zero attached hydrogens (tertiary/aromatic N) is 5. The Labute approximate surface area is 195 Å². The van der Waals surface area contributed by atoms with Crippen molar-refractivity contribution in [3.05, 3.63) is 60.2 Å². The maximum Gasteiger partial charge on any atom is 0.254 e. The van der Waals surface area contributed by atoms with Gasteiger partial charge in [0.2, 0.25) is 0 Å². The molecule has 0 saturated carbocycles. The van der Waals surface area contributed by atoms with Crippen LogP contribution >= 0.6 is 0 Å². The Morgan fingerprint density at radius 3 is 2.88 bits per heavy atom. The van der Waals surface area contributed by atoms with Crippen LogP contribution in [0.25, 0.3) is 22.3 Å². The highest BCUT2D eigenvalue weighted by Gasteiger charge is 2.39. The smallest absolute Gasteiger partial charge is 0.254 e. The average molecular weight is 454 g/mol. The highest BCUT2D eigenvalue weighted by atomic mass is 16.5. The van der Waals surface area contributed by atoms with Crippen LogP contribution in [0.5, 0.6) is 0 Å². The standard InChI is InChI=1S/C25H23N7O2/c1-31-7-5-18-17(4-6-26-24(18)31)23-19-10-29-25(33)22(19)20(11-28-23)30-21-3-2-14(9-27-21)32-12-16-8-15(32)13-34-16/h2-7,9,11,15-16H,8,10,12-13H2,1H3,(H,27,30)(H,29,33)/t15?,16-/m1/s1. The molecule has 2 fully saturated rings. The molecular formula is C25H23N7O2. The van der Waals surface area contributed by atoms with Gasteiger partial charge in [0.25, 0.3) is 5.91 Å². The number of amides is 1. The molecule has 7 rings (SSSR count). The van der Waals surface area contributed by atoms with Gasteiger partial charge in [0.15, 0.2) is 0 Å². The molecule has 0 spiro atoms. The lowest BCUT2D eigenvalue weighted by Gasteiger charge is -2.28. The van der Waals surface area contributed by atoms with Crippen molar-refractivity contribution in [1.82, 2.24) is 24.8 Å². The van der Waals surface area contributed by atoms with Gasteiger partial charge in [-0.1, -0.05) is 0 Å². The van der Waals surface area contributed by atoms with Crippen molar-refractivity contribution in [1.29, 1.82) is 0 Å². The van der Waals surface area contributed by atoms with Gasteiger partial charge in [0, 0.05) is 49.0 Å². The Hall–Kier alpha value is -3.98. The summed E-state index contributed by atoms with van der Waals surface area (Å²) in [6, 6.07) is 8.45. The summed E-state index contributed by atoms with van der Waals surface area (Å²) in [5, 5.41) is 7.28. The Kier molecular flexibility index (Phi) is 4.16. The van der Waals surface area contributed by atoms with Crippen molar-refractivity contribution >= 4 is 34.1 Å². The first-order valence-corrected chi connectivity index (χ1v) is 11.5. The topological polar surface area (TPSA) is 97.2 Å². The van der Waals surface area contributed by atoms with Crippen molar-refractivity contribution in [3.8, 4) is 11.3 Å².